The smallest absolute Gasteiger partial charge is 0.253 e. The second-order valence-corrected chi connectivity index (χ2v) is 4.64. The fraction of sp³-hybridized carbons (Fsp3) is 0.909. The van der Waals surface area contributed by atoms with Crippen molar-refractivity contribution in [3.05, 3.63) is 0 Å². The van der Waals surface area contributed by atoms with E-state index < -0.39 is 0 Å². The van der Waals surface area contributed by atoms with Gasteiger partial charge in [-0.2, -0.15) is 0 Å². The Kier molecular flexibility index (Phi) is 3.26. The Morgan fingerprint density at radius 1 is 1.27 bits per heavy atom. The first-order valence-corrected chi connectivity index (χ1v) is 5.93. The van der Waals surface area contributed by atoms with E-state index in [1.165, 1.54) is 11.5 Å². The number of carbonyl (C=O) groups is 1. The lowest BCUT2D eigenvalue weighted by Crippen LogP contribution is -2.47. The summed E-state index contributed by atoms with van der Waals surface area (Å²) >= 11 is 0. The topological polar surface area (TPSA) is 55.6 Å². The molecule has 0 unspecified atom stereocenters. The fourth-order valence-electron chi connectivity index (χ4n) is 2.61. The number of nitrogens with zero attached hydrogens (tertiary/aromatic N) is 1. The highest BCUT2D eigenvalue weighted by Crippen LogP contribution is 2.37. The van der Waals surface area contributed by atoms with Gasteiger partial charge in [0.05, 0.1) is 18.6 Å². The molecule has 1 aliphatic heterocycles. The summed E-state index contributed by atoms with van der Waals surface area (Å²) in [5.41, 5.74) is 5.49. The molecule has 4 heteroatoms. The fourth-order valence-corrected chi connectivity index (χ4v) is 2.61. The minimum Gasteiger partial charge on any atom is -0.329 e. The molecule has 1 saturated carbocycles. The quantitative estimate of drug-likeness (QED) is 0.744. The van der Waals surface area contributed by atoms with Gasteiger partial charge in [0.25, 0.3) is 5.91 Å². The highest BCUT2D eigenvalue weighted by atomic mass is 16.7. The van der Waals surface area contributed by atoms with Gasteiger partial charge in [-0.15, -0.1) is 0 Å². The van der Waals surface area contributed by atoms with Crippen LogP contribution in [0.3, 0.4) is 0 Å². The summed E-state index contributed by atoms with van der Waals surface area (Å²) in [6.45, 7) is 1.87. The molecule has 0 aromatic carbocycles. The maximum absolute atomic E-state index is 12.3. The molecule has 0 atom stereocenters. The van der Waals surface area contributed by atoms with Crippen LogP contribution in [0.2, 0.25) is 0 Å². The average Bonchev–Trinajstić information content (AvgIpc) is 2.82. The molecule has 1 heterocycles. The second-order valence-electron chi connectivity index (χ2n) is 4.64. The zero-order chi connectivity index (χ0) is 10.7. The third kappa shape index (κ3) is 2.01. The Morgan fingerprint density at radius 2 is 2.00 bits per heavy atom. The molecular formula is C11H20N2O2. The molecular weight excluding hydrogens is 192 g/mol. The van der Waals surface area contributed by atoms with Crippen molar-refractivity contribution in [2.24, 2.45) is 11.1 Å². The largest absolute Gasteiger partial charge is 0.329 e. The van der Waals surface area contributed by atoms with E-state index in [0.29, 0.717) is 13.2 Å². The minimum atomic E-state index is -0.317. The first-order chi connectivity index (χ1) is 7.28. The molecule has 15 heavy (non-hydrogen) atoms. The van der Waals surface area contributed by atoms with Crippen molar-refractivity contribution in [3.63, 3.8) is 0 Å². The van der Waals surface area contributed by atoms with Crippen LogP contribution in [0.4, 0.5) is 0 Å². The number of hydroxylamine groups is 2. The van der Waals surface area contributed by atoms with Crippen LogP contribution >= 0.6 is 0 Å². The highest BCUT2D eigenvalue weighted by molar-refractivity contribution is 5.82. The van der Waals surface area contributed by atoms with E-state index in [4.69, 9.17) is 10.6 Å². The standard InChI is InChI=1S/C11H20N2O2/c12-9-11(5-2-1-3-6-11)10(14)13-7-4-8-15-13/h1-9,12H2. The van der Waals surface area contributed by atoms with Crippen molar-refractivity contribution >= 4 is 5.91 Å². The summed E-state index contributed by atoms with van der Waals surface area (Å²) in [5.74, 6) is 0.127. The van der Waals surface area contributed by atoms with Gasteiger partial charge in [0, 0.05) is 6.54 Å². The van der Waals surface area contributed by atoms with Gasteiger partial charge in [-0.05, 0) is 19.3 Å². The number of nitrogens with two attached hydrogens (primary N) is 1. The lowest BCUT2D eigenvalue weighted by atomic mass is 9.73. The number of hydrogen-bond acceptors (Lipinski definition) is 3. The number of carbonyl (C=O) groups excluding carboxylic acids is 1. The van der Waals surface area contributed by atoms with E-state index in [2.05, 4.69) is 0 Å². The van der Waals surface area contributed by atoms with Gasteiger partial charge in [-0.25, -0.2) is 5.06 Å². The molecule has 2 aliphatic rings. The van der Waals surface area contributed by atoms with Gasteiger partial charge in [0.1, 0.15) is 0 Å². The molecule has 2 N–H and O–H groups in total. The average molecular weight is 212 g/mol. The van der Waals surface area contributed by atoms with Crippen LogP contribution in [0, 0.1) is 5.41 Å². The first-order valence-electron chi connectivity index (χ1n) is 5.93. The lowest BCUT2D eigenvalue weighted by Gasteiger charge is -2.36. The summed E-state index contributed by atoms with van der Waals surface area (Å²) in [5, 5.41) is 1.54. The van der Waals surface area contributed by atoms with Gasteiger partial charge in [0.15, 0.2) is 0 Å². The molecule has 1 saturated heterocycles. The van der Waals surface area contributed by atoms with Crippen LogP contribution < -0.4 is 5.73 Å². The van der Waals surface area contributed by atoms with Crippen LogP contribution in [0.1, 0.15) is 38.5 Å². The van der Waals surface area contributed by atoms with Crippen molar-refractivity contribution < 1.29 is 9.63 Å². The van der Waals surface area contributed by atoms with Crippen LogP contribution in [0.15, 0.2) is 0 Å². The zero-order valence-electron chi connectivity index (χ0n) is 9.21. The number of amides is 1. The van der Waals surface area contributed by atoms with Gasteiger partial charge in [-0.1, -0.05) is 19.3 Å². The number of hydrogen-bond donors (Lipinski definition) is 1. The summed E-state index contributed by atoms with van der Waals surface area (Å²) in [6.07, 6.45) is 6.29. The lowest BCUT2D eigenvalue weighted by molar-refractivity contribution is -0.181. The molecule has 0 bridgehead atoms. The van der Waals surface area contributed by atoms with E-state index in [0.717, 1.165) is 38.6 Å². The van der Waals surface area contributed by atoms with Gasteiger partial charge in [0.2, 0.25) is 0 Å². The van der Waals surface area contributed by atoms with E-state index in [1.54, 1.807) is 0 Å². The molecule has 1 amide bonds. The summed E-state index contributed by atoms with van der Waals surface area (Å²) in [7, 11) is 0. The van der Waals surface area contributed by atoms with Gasteiger partial charge >= 0.3 is 0 Å². The summed E-state index contributed by atoms with van der Waals surface area (Å²) in [4.78, 5) is 17.6. The van der Waals surface area contributed by atoms with Crippen molar-refractivity contribution in [1.29, 1.82) is 0 Å². The minimum absolute atomic E-state index is 0.127. The Balaban J connectivity index is 2.06. The Morgan fingerprint density at radius 3 is 2.53 bits per heavy atom. The Bertz CT molecular complexity index is 231. The van der Waals surface area contributed by atoms with Crippen LogP contribution in [0.25, 0.3) is 0 Å². The Hall–Kier alpha value is -0.610. The van der Waals surface area contributed by atoms with E-state index in [-0.39, 0.29) is 11.3 Å². The maximum atomic E-state index is 12.3. The molecule has 86 valence electrons. The van der Waals surface area contributed by atoms with E-state index >= 15 is 0 Å². The first kappa shape index (κ1) is 10.9. The molecule has 0 aromatic rings. The second kappa shape index (κ2) is 4.49. The van der Waals surface area contributed by atoms with Crippen molar-refractivity contribution in [3.8, 4) is 0 Å². The highest BCUT2D eigenvalue weighted by Gasteiger charge is 2.42. The summed E-state index contributed by atoms with van der Waals surface area (Å²) < 4.78 is 0. The predicted molar refractivity (Wildman–Crippen MR) is 56.9 cm³/mol. The molecule has 2 rings (SSSR count). The van der Waals surface area contributed by atoms with Gasteiger partial charge < -0.3 is 5.73 Å². The SMILES string of the molecule is NCC1(C(=O)N2CCCO2)CCCCC1. The Labute approximate surface area is 90.7 Å². The van der Waals surface area contributed by atoms with Crippen LogP contribution in [-0.2, 0) is 9.63 Å². The zero-order valence-corrected chi connectivity index (χ0v) is 9.21. The van der Waals surface area contributed by atoms with Crippen molar-refractivity contribution in [1.82, 2.24) is 5.06 Å². The molecule has 0 spiro atoms. The summed E-state index contributed by atoms with van der Waals surface area (Å²) in [6, 6.07) is 0. The number of rotatable bonds is 2. The monoisotopic (exact) mass is 212 g/mol. The molecule has 2 fully saturated rings. The van der Waals surface area contributed by atoms with Gasteiger partial charge in [-0.3, -0.25) is 9.63 Å². The van der Waals surface area contributed by atoms with E-state index in [9.17, 15) is 4.79 Å². The third-order valence-electron chi connectivity index (χ3n) is 3.63. The molecule has 4 nitrogen and oxygen atoms in total. The van der Waals surface area contributed by atoms with Crippen LogP contribution in [-0.4, -0.2) is 30.7 Å². The normalized spacial score (nSPS) is 25.5. The van der Waals surface area contributed by atoms with Crippen LogP contribution in [0.5, 0.6) is 0 Å². The molecule has 0 aromatic heterocycles. The predicted octanol–water partition coefficient (Wildman–Crippen LogP) is 1.06. The van der Waals surface area contributed by atoms with Crippen molar-refractivity contribution in [2.75, 3.05) is 19.7 Å². The van der Waals surface area contributed by atoms with E-state index in [1.807, 2.05) is 0 Å². The maximum Gasteiger partial charge on any atom is 0.253 e. The molecule has 0 radical (unpaired) electrons. The third-order valence-corrected chi connectivity index (χ3v) is 3.63. The molecule has 1 aliphatic carbocycles. The van der Waals surface area contributed by atoms with Crippen molar-refractivity contribution in [2.45, 2.75) is 38.5 Å².